The molecule has 0 saturated carbocycles. The van der Waals surface area contributed by atoms with Gasteiger partial charge in [0, 0.05) is 19.9 Å². The van der Waals surface area contributed by atoms with Crippen LogP contribution in [0.15, 0.2) is 54.9 Å². The lowest BCUT2D eigenvalue weighted by Gasteiger charge is -2.11. The number of carbonyl (C=O) groups excluding carboxylic acids is 1. The molecule has 8 nitrogen and oxygen atoms in total. The Balaban J connectivity index is 1.73. The van der Waals surface area contributed by atoms with E-state index in [2.05, 4.69) is 42.4 Å². The minimum absolute atomic E-state index is 0.129. The first-order valence-electron chi connectivity index (χ1n) is 8.12. The zero-order chi connectivity index (χ0) is 21.0. The summed E-state index contributed by atoms with van der Waals surface area (Å²) >= 11 is 6.72. The Hall–Kier alpha value is -2.85. The van der Waals surface area contributed by atoms with Crippen molar-refractivity contribution in [3.63, 3.8) is 0 Å². The summed E-state index contributed by atoms with van der Waals surface area (Å²) in [5.74, 6) is -0.890. The second-order valence-electron chi connectivity index (χ2n) is 5.70. The fraction of sp³-hybridized carbons (Fsp3) is 0.105. The van der Waals surface area contributed by atoms with E-state index in [1.807, 2.05) is 12.1 Å². The molecule has 3 aromatic rings. The Kier molecular flexibility index (Phi) is 6.55. The van der Waals surface area contributed by atoms with Gasteiger partial charge in [0.15, 0.2) is 23.9 Å². The maximum atomic E-state index is 12.3. The topological polar surface area (TPSA) is 110 Å². The smallest absolute Gasteiger partial charge is 0.341 e. The predicted octanol–water partition coefficient (Wildman–Crippen LogP) is 4.19. The number of halogens is 2. The lowest BCUT2D eigenvalue weighted by Crippen LogP contribution is -2.16. The van der Waals surface area contributed by atoms with E-state index < -0.39 is 18.5 Å². The lowest BCUT2D eigenvalue weighted by atomic mass is 10.2. The van der Waals surface area contributed by atoms with Crippen LogP contribution in [0.5, 0.6) is 11.5 Å². The first-order chi connectivity index (χ1) is 13.9. The molecule has 0 unspecified atom stereocenters. The van der Waals surface area contributed by atoms with E-state index in [4.69, 9.17) is 19.0 Å². The van der Waals surface area contributed by atoms with Gasteiger partial charge in [0.25, 0.3) is 0 Å². The van der Waals surface area contributed by atoms with E-state index in [1.165, 1.54) is 13.3 Å². The molecule has 150 valence electrons. The van der Waals surface area contributed by atoms with E-state index in [0.717, 1.165) is 9.86 Å². The quantitative estimate of drug-likeness (QED) is 0.353. The Bertz CT molecular complexity index is 1110. The van der Waals surface area contributed by atoms with Crippen molar-refractivity contribution in [2.45, 2.75) is 0 Å². The molecule has 0 atom stereocenters. The number of carboxylic acid groups (broad SMARTS) is 1. The molecule has 0 aliphatic heterocycles. The number of benzene rings is 2. The van der Waals surface area contributed by atoms with E-state index in [0.29, 0.717) is 21.4 Å². The van der Waals surface area contributed by atoms with Gasteiger partial charge in [-0.3, -0.25) is 4.79 Å². The molecule has 3 rings (SSSR count). The Morgan fingerprint density at radius 1 is 1.21 bits per heavy atom. The van der Waals surface area contributed by atoms with Gasteiger partial charge in [0.05, 0.1) is 13.3 Å². The molecule has 2 aromatic carbocycles. The van der Waals surface area contributed by atoms with Crippen LogP contribution in [0.3, 0.4) is 0 Å². The summed E-state index contributed by atoms with van der Waals surface area (Å²) in [7, 11) is 1.43. The highest BCUT2D eigenvalue weighted by Gasteiger charge is 2.13. The highest BCUT2D eigenvalue weighted by Crippen LogP contribution is 2.33. The van der Waals surface area contributed by atoms with Crippen LogP contribution >= 0.6 is 31.9 Å². The molecule has 2 N–H and O–H groups in total. The number of rotatable bonds is 7. The van der Waals surface area contributed by atoms with Gasteiger partial charge in [-0.25, -0.2) is 10.2 Å². The number of fused-ring (bicyclic) bond motifs is 1. The van der Waals surface area contributed by atoms with Crippen molar-refractivity contribution in [1.29, 1.82) is 0 Å². The molecule has 0 aliphatic rings. The summed E-state index contributed by atoms with van der Waals surface area (Å²) in [6, 6.07) is 10.2. The molecule has 0 saturated heterocycles. The molecule has 1 heterocycles. The first kappa shape index (κ1) is 20.9. The number of carboxylic acids is 1. The number of ether oxygens (including phenoxy) is 2. The highest BCUT2D eigenvalue weighted by molar-refractivity contribution is 9.10. The summed E-state index contributed by atoms with van der Waals surface area (Å²) in [4.78, 5) is 22.9. The number of furan rings is 1. The normalized spacial score (nSPS) is 11.0. The van der Waals surface area contributed by atoms with Crippen molar-refractivity contribution < 1.29 is 28.6 Å². The molecule has 0 aliphatic carbocycles. The van der Waals surface area contributed by atoms with Gasteiger partial charge < -0.3 is 19.0 Å². The fourth-order valence-corrected chi connectivity index (χ4v) is 3.21. The van der Waals surface area contributed by atoms with E-state index in [-0.39, 0.29) is 11.5 Å². The first-order valence-corrected chi connectivity index (χ1v) is 9.70. The second kappa shape index (κ2) is 9.10. The maximum Gasteiger partial charge on any atom is 0.341 e. The number of hydrazone groups is 1. The monoisotopic (exact) mass is 524 g/mol. The van der Waals surface area contributed by atoms with Crippen LogP contribution < -0.4 is 14.9 Å². The number of aliphatic carboxylic acids is 1. The molecule has 10 heteroatoms. The third-order valence-electron chi connectivity index (χ3n) is 3.71. The van der Waals surface area contributed by atoms with Crippen molar-refractivity contribution in [3.8, 4) is 11.5 Å². The van der Waals surface area contributed by atoms with Crippen molar-refractivity contribution in [1.82, 2.24) is 5.43 Å². The average molecular weight is 526 g/mol. The molecular weight excluding hydrogens is 512 g/mol. The van der Waals surface area contributed by atoms with E-state index >= 15 is 0 Å². The number of carbonyl (C=O) groups is 2. The predicted molar refractivity (Wildman–Crippen MR) is 113 cm³/mol. The van der Waals surface area contributed by atoms with Crippen LogP contribution in [0.25, 0.3) is 11.0 Å². The van der Waals surface area contributed by atoms with Crippen LogP contribution in [-0.4, -0.2) is 36.9 Å². The van der Waals surface area contributed by atoms with E-state index in [1.54, 1.807) is 24.3 Å². The molecule has 0 fully saturated rings. The number of amides is 1. The standard InChI is InChI=1S/C19H14Br2N2O6/c1-27-15-6-11(13(21)7-16(15)28-9-18(24)25)8-22-23-19(26)17-5-10-4-12(20)2-3-14(10)29-17/h2-8H,9H2,1H3,(H,23,26)(H,24,25)/b22-8+. The highest BCUT2D eigenvalue weighted by atomic mass is 79.9. The Morgan fingerprint density at radius 3 is 2.72 bits per heavy atom. The van der Waals surface area contributed by atoms with Gasteiger partial charge in [0.1, 0.15) is 5.58 Å². The third-order valence-corrected chi connectivity index (χ3v) is 4.89. The van der Waals surface area contributed by atoms with Gasteiger partial charge in [0.2, 0.25) is 0 Å². The minimum atomic E-state index is -1.10. The third kappa shape index (κ3) is 5.15. The number of methoxy groups -OCH3 is 1. The van der Waals surface area contributed by atoms with Crippen LogP contribution in [0.2, 0.25) is 0 Å². The molecule has 1 amide bonds. The summed E-state index contributed by atoms with van der Waals surface area (Å²) < 4.78 is 17.3. The maximum absolute atomic E-state index is 12.3. The lowest BCUT2D eigenvalue weighted by molar-refractivity contribution is -0.139. The zero-order valence-corrected chi connectivity index (χ0v) is 18.1. The SMILES string of the molecule is COc1cc(/C=N/NC(=O)c2cc3cc(Br)ccc3o2)c(Br)cc1OCC(=O)O. The van der Waals surface area contributed by atoms with Gasteiger partial charge in [-0.05, 0) is 52.3 Å². The van der Waals surface area contributed by atoms with Gasteiger partial charge in [-0.1, -0.05) is 15.9 Å². The van der Waals surface area contributed by atoms with Crippen LogP contribution in [0.4, 0.5) is 0 Å². The zero-order valence-electron chi connectivity index (χ0n) is 14.9. The molecule has 29 heavy (non-hydrogen) atoms. The molecule has 0 spiro atoms. The van der Waals surface area contributed by atoms with E-state index in [9.17, 15) is 9.59 Å². The molecular formula is C19H14Br2N2O6. The average Bonchev–Trinajstić information content (AvgIpc) is 3.10. The number of hydrogen-bond acceptors (Lipinski definition) is 6. The summed E-state index contributed by atoms with van der Waals surface area (Å²) in [5.41, 5.74) is 3.57. The number of nitrogens with zero attached hydrogens (tertiary/aromatic N) is 1. The van der Waals surface area contributed by atoms with Crippen molar-refractivity contribution in [2.24, 2.45) is 5.10 Å². The summed E-state index contributed by atoms with van der Waals surface area (Å²) in [6.45, 7) is -0.500. The number of hydrogen-bond donors (Lipinski definition) is 2. The van der Waals surface area contributed by atoms with Crippen molar-refractivity contribution >= 4 is 60.9 Å². The van der Waals surface area contributed by atoms with Crippen LogP contribution in [-0.2, 0) is 4.79 Å². The fourth-order valence-electron chi connectivity index (χ4n) is 2.40. The van der Waals surface area contributed by atoms with Crippen LogP contribution in [0.1, 0.15) is 16.1 Å². The van der Waals surface area contributed by atoms with Gasteiger partial charge in [-0.2, -0.15) is 5.10 Å². The number of nitrogens with one attached hydrogen (secondary N) is 1. The molecule has 0 bridgehead atoms. The molecule has 0 radical (unpaired) electrons. The van der Waals surface area contributed by atoms with Gasteiger partial charge >= 0.3 is 11.9 Å². The van der Waals surface area contributed by atoms with Crippen molar-refractivity contribution in [3.05, 3.63) is 56.7 Å². The largest absolute Gasteiger partial charge is 0.493 e. The summed E-state index contributed by atoms with van der Waals surface area (Å²) in [6.07, 6.45) is 1.41. The summed E-state index contributed by atoms with van der Waals surface area (Å²) in [5, 5.41) is 13.5. The minimum Gasteiger partial charge on any atom is -0.493 e. The Labute approximate surface area is 181 Å². The van der Waals surface area contributed by atoms with Crippen molar-refractivity contribution in [2.75, 3.05) is 13.7 Å². The van der Waals surface area contributed by atoms with Crippen LogP contribution in [0, 0.1) is 0 Å². The second-order valence-corrected chi connectivity index (χ2v) is 7.47. The van der Waals surface area contributed by atoms with Gasteiger partial charge in [-0.15, -0.1) is 0 Å². The Morgan fingerprint density at radius 2 is 2.00 bits per heavy atom. The molecule has 1 aromatic heterocycles.